The van der Waals surface area contributed by atoms with E-state index >= 15 is 0 Å². The first-order valence-corrected chi connectivity index (χ1v) is 6.32. The Morgan fingerprint density at radius 2 is 2.47 bits per heavy atom. The Morgan fingerprint density at radius 1 is 1.59 bits per heavy atom. The van der Waals surface area contributed by atoms with Gasteiger partial charge in [0.1, 0.15) is 0 Å². The highest BCUT2D eigenvalue weighted by Gasteiger charge is 2.24. The molecular formula is C13H21N3O. The Labute approximate surface area is 103 Å². The highest BCUT2D eigenvalue weighted by molar-refractivity contribution is 5.50. The molecule has 1 aliphatic rings. The minimum absolute atomic E-state index is 0.599. The molecule has 0 saturated carbocycles. The number of anilines is 1. The van der Waals surface area contributed by atoms with Crippen LogP contribution in [0.15, 0.2) is 18.3 Å². The SMILES string of the molecule is CCNCC1CCCN1c1ccnc(OC)c1. The van der Waals surface area contributed by atoms with Crippen molar-refractivity contribution in [3.63, 3.8) is 0 Å². The second-order valence-corrected chi connectivity index (χ2v) is 4.35. The number of likely N-dealkylation sites (N-methyl/N-ethyl adjacent to an activating group) is 1. The summed E-state index contributed by atoms with van der Waals surface area (Å²) in [6.45, 7) is 5.36. The van der Waals surface area contributed by atoms with Crippen molar-refractivity contribution < 1.29 is 4.74 Å². The normalized spacial score (nSPS) is 19.6. The van der Waals surface area contributed by atoms with E-state index in [9.17, 15) is 0 Å². The number of hydrogen-bond acceptors (Lipinski definition) is 4. The second kappa shape index (κ2) is 5.87. The number of nitrogens with zero attached hydrogens (tertiary/aromatic N) is 2. The fourth-order valence-corrected chi connectivity index (χ4v) is 2.39. The smallest absolute Gasteiger partial charge is 0.214 e. The number of methoxy groups -OCH3 is 1. The molecule has 1 unspecified atom stereocenters. The standard InChI is InChI=1S/C13H21N3O/c1-3-14-10-12-5-4-8-16(12)11-6-7-15-13(9-11)17-2/h6-7,9,12,14H,3-5,8,10H2,1-2H3. The van der Waals surface area contributed by atoms with Gasteiger partial charge in [0, 0.05) is 37.1 Å². The number of hydrogen-bond donors (Lipinski definition) is 1. The maximum absolute atomic E-state index is 5.18. The van der Waals surface area contributed by atoms with Crippen LogP contribution >= 0.6 is 0 Å². The molecule has 17 heavy (non-hydrogen) atoms. The molecule has 0 aromatic carbocycles. The molecule has 0 radical (unpaired) electrons. The van der Waals surface area contributed by atoms with Crippen molar-refractivity contribution in [1.29, 1.82) is 0 Å². The van der Waals surface area contributed by atoms with E-state index in [1.165, 1.54) is 18.5 Å². The third-order valence-corrected chi connectivity index (χ3v) is 3.27. The van der Waals surface area contributed by atoms with Crippen LogP contribution in [0, 0.1) is 0 Å². The van der Waals surface area contributed by atoms with E-state index in [4.69, 9.17) is 4.74 Å². The zero-order chi connectivity index (χ0) is 12.1. The number of nitrogens with one attached hydrogen (secondary N) is 1. The first-order valence-electron chi connectivity index (χ1n) is 6.32. The van der Waals surface area contributed by atoms with Gasteiger partial charge in [-0.15, -0.1) is 0 Å². The van der Waals surface area contributed by atoms with Gasteiger partial charge in [0.05, 0.1) is 7.11 Å². The van der Waals surface area contributed by atoms with Crippen LogP contribution in [0.1, 0.15) is 19.8 Å². The molecule has 2 heterocycles. The molecule has 1 fully saturated rings. The fraction of sp³-hybridized carbons (Fsp3) is 0.615. The molecule has 1 aromatic rings. The van der Waals surface area contributed by atoms with Crippen LogP contribution in [-0.4, -0.2) is 37.8 Å². The van der Waals surface area contributed by atoms with Gasteiger partial charge in [-0.3, -0.25) is 0 Å². The van der Waals surface area contributed by atoms with Crippen molar-refractivity contribution in [2.75, 3.05) is 31.6 Å². The van der Waals surface area contributed by atoms with Crippen LogP contribution in [-0.2, 0) is 0 Å². The van der Waals surface area contributed by atoms with E-state index < -0.39 is 0 Å². The molecule has 4 heteroatoms. The van der Waals surface area contributed by atoms with Gasteiger partial charge in [-0.1, -0.05) is 6.92 Å². The Hall–Kier alpha value is -1.29. The maximum atomic E-state index is 5.18. The summed E-state index contributed by atoms with van der Waals surface area (Å²) in [4.78, 5) is 6.60. The van der Waals surface area contributed by atoms with Gasteiger partial charge < -0.3 is 15.0 Å². The van der Waals surface area contributed by atoms with Gasteiger partial charge in [0.25, 0.3) is 0 Å². The summed E-state index contributed by atoms with van der Waals surface area (Å²) in [6, 6.07) is 4.68. The quantitative estimate of drug-likeness (QED) is 0.842. The van der Waals surface area contributed by atoms with E-state index in [1.54, 1.807) is 7.11 Å². The van der Waals surface area contributed by atoms with E-state index in [1.807, 2.05) is 12.3 Å². The Bertz CT molecular complexity index is 356. The first kappa shape index (κ1) is 12.2. The van der Waals surface area contributed by atoms with Crippen LogP contribution in [0.3, 0.4) is 0 Å². The van der Waals surface area contributed by atoms with Gasteiger partial charge >= 0.3 is 0 Å². The molecule has 1 atom stereocenters. The molecule has 0 bridgehead atoms. The lowest BCUT2D eigenvalue weighted by Crippen LogP contribution is -2.37. The number of ether oxygens (including phenoxy) is 1. The molecule has 0 amide bonds. The average molecular weight is 235 g/mol. The van der Waals surface area contributed by atoms with Crippen molar-refractivity contribution in [3.8, 4) is 5.88 Å². The lowest BCUT2D eigenvalue weighted by Gasteiger charge is -2.27. The molecule has 1 aromatic heterocycles. The number of rotatable bonds is 5. The predicted molar refractivity (Wildman–Crippen MR) is 69.7 cm³/mol. The molecule has 1 N–H and O–H groups in total. The minimum Gasteiger partial charge on any atom is -0.481 e. The Morgan fingerprint density at radius 3 is 3.24 bits per heavy atom. The summed E-state index contributed by atoms with van der Waals surface area (Å²) in [5, 5.41) is 3.43. The Balaban J connectivity index is 2.08. The fourth-order valence-electron chi connectivity index (χ4n) is 2.39. The lowest BCUT2D eigenvalue weighted by atomic mass is 10.2. The summed E-state index contributed by atoms with van der Waals surface area (Å²) in [5.74, 6) is 0.691. The average Bonchev–Trinajstić information content (AvgIpc) is 2.84. The summed E-state index contributed by atoms with van der Waals surface area (Å²) >= 11 is 0. The van der Waals surface area contributed by atoms with Gasteiger partial charge in [0.2, 0.25) is 5.88 Å². The first-order chi connectivity index (χ1) is 8.35. The molecule has 1 aliphatic heterocycles. The third-order valence-electron chi connectivity index (χ3n) is 3.27. The molecule has 1 saturated heterocycles. The maximum Gasteiger partial charge on any atom is 0.214 e. The summed E-state index contributed by atoms with van der Waals surface area (Å²) < 4.78 is 5.18. The zero-order valence-corrected chi connectivity index (χ0v) is 10.6. The highest BCUT2D eigenvalue weighted by atomic mass is 16.5. The summed E-state index contributed by atoms with van der Waals surface area (Å²) in [5.41, 5.74) is 1.22. The molecular weight excluding hydrogens is 214 g/mol. The third kappa shape index (κ3) is 2.88. The summed E-state index contributed by atoms with van der Waals surface area (Å²) in [7, 11) is 1.66. The van der Waals surface area contributed by atoms with Crippen molar-refractivity contribution >= 4 is 5.69 Å². The molecule has 0 spiro atoms. The van der Waals surface area contributed by atoms with Crippen LogP contribution < -0.4 is 15.0 Å². The zero-order valence-electron chi connectivity index (χ0n) is 10.6. The van der Waals surface area contributed by atoms with Crippen LogP contribution in [0.25, 0.3) is 0 Å². The van der Waals surface area contributed by atoms with Gasteiger partial charge in [-0.2, -0.15) is 0 Å². The number of aromatic nitrogens is 1. The molecule has 2 rings (SSSR count). The van der Waals surface area contributed by atoms with E-state index in [2.05, 4.69) is 28.2 Å². The minimum atomic E-state index is 0.599. The van der Waals surface area contributed by atoms with E-state index in [0.29, 0.717) is 11.9 Å². The largest absolute Gasteiger partial charge is 0.481 e. The van der Waals surface area contributed by atoms with Crippen LogP contribution in [0.5, 0.6) is 5.88 Å². The van der Waals surface area contributed by atoms with Crippen molar-refractivity contribution in [3.05, 3.63) is 18.3 Å². The van der Waals surface area contributed by atoms with Crippen molar-refractivity contribution in [1.82, 2.24) is 10.3 Å². The monoisotopic (exact) mass is 235 g/mol. The molecule has 94 valence electrons. The molecule has 0 aliphatic carbocycles. The van der Waals surface area contributed by atoms with Crippen LogP contribution in [0.2, 0.25) is 0 Å². The van der Waals surface area contributed by atoms with Gasteiger partial charge in [-0.25, -0.2) is 4.98 Å². The topological polar surface area (TPSA) is 37.4 Å². The number of pyridine rings is 1. The van der Waals surface area contributed by atoms with E-state index in [-0.39, 0.29) is 0 Å². The lowest BCUT2D eigenvalue weighted by molar-refractivity contribution is 0.398. The van der Waals surface area contributed by atoms with E-state index in [0.717, 1.165) is 19.6 Å². The van der Waals surface area contributed by atoms with Gasteiger partial charge in [-0.05, 0) is 25.5 Å². The van der Waals surface area contributed by atoms with Gasteiger partial charge in [0.15, 0.2) is 0 Å². The molecule has 4 nitrogen and oxygen atoms in total. The summed E-state index contributed by atoms with van der Waals surface area (Å²) in [6.07, 6.45) is 4.34. The highest BCUT2D eigenvalue weighted by Crippen LogP contribution is 2.26. The predicted octanol–water partition coefficient (Wildman–Crippen LogP) is 1.67. The van der Waals surface area contributed by atoms with Crippen molar-refractivity contribution in [2.24, 2.45) is 0 Å². The second-order valence-electron chi connectivity index (χ2n) is 4.35. The van der Waals surface area contributed by atoms with Crippen LogP contribution in [0.4, 0.5) is 5.69 Å². The van der Waals surface area contributed by atoms with Crippen molar-refractivity contribution in [2.45, 2.75) is 25.8 Å². The Kier molecular flexibility index (Phi) is 4.20.